The largest absolute Gasteiger partial charge is 0.478 e. The summed E-state index contributed by atoms with van der Waals surface area (Å²) in [5, 5.41) is 13.3. The maximum atomic E-state index is 14.2. The van der Waals surface area contributed by atoms with E-state index in [-0.39, 0.29) is 28.5 Å². The molecule has 0 atom stereocenters. The lowest BCUT2D eigenvalue weighted by Gasteiger charge is -2.16. The first-order chi connectivity index (χ1) is 12.8. The molecule has 3 rings (SSSR count). The van der Waals surface area contributed by atoms with Crippen molar-refractivity contribution in [2.24, 2.45) is 0 Å². The van der Waals surface area contributed by atoms with E-state index >= 15 is 0 Å². The van der Waals surface area contributed by atoms with Gasteiger partial charge in [-0.1, -0.05) is 29.8 Å². The van der Waals surface area contributed by atoms with Gasteiger partial charge in [-0.15, -0.1) is 0 Å². The van der Waals surface area contributed by atoms with Crippen molar-refractivity contribution in [2.75, 3.05) is 19.4 Å². The van der Waals surface area contributed by atoms with Gasteiger partial charge < -0.3 is 15.3 Å². The maximum Gasteiger partial charge on any atom is 0.337 e. The Hall–Kier alpha value is -3.19. The molecule has 0 unspecified atom stereocenters. The molecule has 6 nitrogen and oxygen atoms in total. The third-order valence-corrected chi connectivity index (χ3v) is 4.30. The number of aromatic carboxylic acids is 1. The molecule has 0 aliphatic carbocycles. The number of anilines is 2. The molecule has 0 saturated carbocycles. The Morgan fingerprint density at radius 1 is 1.15 bits per heavy atom. The van der Waals surface area contributed by atoms with Crippen LogP contribution in [-0.2, 0) is 0 Å². The Morgan fingerprint density at radius 2 is 1.85 bits per heavy atom. The fourth-order valence-electron chi connectivity index (χ4n) is 2.71. The average Bonchev–Trinajstić information content (AvgIpc) is 2.63. The summed E-state index contributed by atoms with van der Waals surface area (Å²) in [6.07, 6.45) is 1.33. The number of aromatic nitrogens is 1. The van der Waals surface area contributed by atoms with Gasteiger partial charge in [0, 0.05) is 36.1 Å². The number of carbonyl (C=O) groups excluding carboxylic acids is 1. The van der Waals surface area contributed by atoms with Crippen molar-refractivity contribution in [1.29, 1.82) is 0 Å². The highest BCUT2D eigenvalue weighted by atomic mass is 35.5. The molecule has 0 fully saturated rings. The van der Waals surface area contributed by atoms with Crippen LogP contribution in [0.4, 0.5) is 15.9 Å². The predicted molar refractivity (Wildman–Crippen MR) is 101 cm³/mol. The molecule has 138 valence electrons. The zero-order valence-corrected chi connectivity index (χ0v) is 15.2. The third-order valence-electron chi connectivity index (χ3n) is 3.98. The first-order valence-corrected chi connectivity index (χ1v) is 8.26. The fourth-order valence-corrected chi connectivity index (χ4v) is 2.99. The van der Waals surface area contributed by atoms with Crippen molar-refractivity contribution in [1.82, 2.24) is 9.88 Å². The Morgan fingerprint density at radius 3 is 2.52 bits per heavy atom. The van der Waals surface area contributed by atoms with E-state index in [9.17, 15) is 19.1 Å². The van der Waals surface area contributed by atoms with Crippen molar-refractivity contribution in [3.8, 4) is 0 Å². The Labute approximate surface area is 159 Å². The predicted octanol–water partition coefficient (Wildman–Crippen LogP) is 4.17. The molecule has 0 saturated heterocycles. The highest BCUT2D eigenvalue weighted by molar-refractivity contribution is 6.37. The van der Waals surface area contributed by atoms with Gasteiger partial charge in [-0.2, -0.15) is 0 Å². The number of halogens is 2. The van der Waals surface area contributed by atoms with Crippen molar-refractivity contribution in [3.05, 3.63) is 64.6 Å². The number of para-hydroxylation sites is 1. The van der Waals surface area contributed by atoms with Gasteiger partial charge in [-0.05, 0) is 18.2 Å². The molecule has 27 heavy (non-hydrogen) atoms. The summed E-state index contributed by atoms with van der Waals surface area (Å²) in [7, 11) is 3.21. The van der Waals surface area contributed by atoms with Crippen LogP contribution in [0.25, 0.3) is 10.8 Å². The van der Waals surface area contributed by atoms with Gasteiger partial charge in [0.15, 0.2) is 0 Å². The van der Waals surface area contributed by atoms with E-state index in [1.807, 2.05) is 0 Å². The second-order valence-corrected chi connectivity index (χ2v) is 6.38. The zero-order valence-electron chi connectivity index (χ0n) is 14.5. The van der Waals surface area contributed by atoms with Gasteiger partial charge in [-0.3, -0.25) is 4.79 Å². The number of carboxylic acid groups (broad SMARTS) is 1. The first kappa shape index (κ1) is 18.6. The highest BCUT2D eigenvalue weighted by Crippen LogP contribution is 2.34. The zero-order chi connectivity index (χ0) is 19.7. The van der Waals surface area contributed by atoms with Gasteiger partial charge in [0.25, 0.3) is 5.91 Å². The number of carboxylic acids is 1. The summed E-state index contributed by atoms with van der Waals surface area (Å²) in [5.74, 6) is -2.11. The average molecular weight is 388 g/mol. The number of nitrogens with zero attached hydrogens (tertiary/aromatic N) is 2. The standard InChI is InChI=1S/C19H15ClFN3O3/c1-24(2)18(25)12-9-22-17(10-5-3-7-13(20)15(10)12)23-16-11(19(26)27)6-4-8-14(16)21/h3-9H,1-2H3,(H,22,23)(H,26,27). The van der Waals surface area contributed by atoms with Crippen LogP contribution in [0, 0.1) is 5.82 Å². The molecule has 8 heteroatoms. The molecule has 0 aliphatic heterocycles. The maximum absolute atomic E-state index is 14.2. The molecule has 1 heterocycles. The summed E-state index contributed by atoms with van der Waals surface area (Å²) in [4.78, 5) is 29.5. The van der Waals surface area contributed by atoms with E-state index in [2.05, 4.69) is 10.3 Å². The van der Waals surface area contributed by atoms with Crippen LogP contribution in [0.5, 0.6) is 0 Å². The minimum absolute atomic E-state index is 0.190. The quantitative estimate of drug-likeness (QED) is 0.702. The summed E-state index contributed by atoms with van der Waals surface area (Å²) in [5.41, 5.74) is -0.163. The number of hydrogen-bond donors (Lipinski definition) is 2. The molecule has 2 N–H and O–H groups in total. The molecule has 0 radical (unpaired) electrons. The lowest BCUT2D eigenvalue weighted by Crippen LogP contribution is -2.22. The van der Waals surface area contributed by atoms with Crippen LogP contribution in [0.15, 0.2) is 42.6 Å². The van der Waals surface area contributed by atoms with E-state index in [1.165, 1.54) is 23.2 Å². The summed E-state index contributed by atoms with van der Waals surface area (Å²) < 4.78 is 14.2. The molecular formula is C19H15ClFN3O3. The van der Waals surface area contributed by atoms with Crippen molar-refractivity contribution in [2.45, 2.75) is 0 Å². The minimum Gasteiger partial charge on any atom is -0.478 e. The normalized spacial score (nSPS) is 10.7. The minimum atomic E-state index is -1.28. The van der Waals surface area contributed by atoms with Gasteiger partial charge in [0.1, 0.15) is 11.6 Å². The summed E-state index contributed by atoms with van der Waals surface area (Å²) in [6.45, 7) is 0. The number of amides is 1. The van der Waals surface area contributed by atoms with Crippen LogP contribution >= 0.6 is 11.6 Å². The van der Waals surface area contributed by atoms with Crippen LogP contribution in [-0.4, -0.2) is 41.0 Å². The van der Waals surface area contributed by atoms with E-state index in [0.29, 0.717) is 15.8 Å². The van der Waals surface area contributed by atoms with Crippen LogP contribution in [0.2, 0.25) is 5.02 Å². The topological polar surface area (TPSA) is 82.5 Å². The van der Waals surface area contributed by atoms with E-state index in [0.717, 1.165) is 6.07 Å². The molecule has 2 aromatic carbocycles. The number of rotatable bonds is 4. The van der Waals surface area contributed by atoms with Crippen molar-refractivity contribution < 1.29 is 19.1 Å². The molecule has 1 amide bonds. The molecule has 0 aliphatic rings. The second kappa shape index (κ2) is 7.20. The van der Waals surface area contributed by atoms with E-state index in [4.69, 9.17) is 11.6 Å². The number of benzene rings is 2. The van der Waals surface area contributed by atoms with Crippen LogP contribution in [0.3, 0.4) is 0 Å². The monoisotopic (exact) mass is 387 g/mol. The van der Waals surface area contributed by atoms with Gasteiger partial charge in [0.2, 0.25) is 0 Å². The van der Waals surface area contributed by atoms with Crippen LogP contribution in [0.1, 0.15) is 20.7 Å². The summed E-state index contributed by atoms with van der Waals surface area (Å²) in [6, 6.07) is 8.71. The smallest absolute Gasteiger partial charge is 0.337 e. The number of carbonyl (C=O) groups is 2. The number of hydrogen-bond acceptors (Lipinski definition) is 4. The first-order valence-electron chi connectivity index (χ1n) is 7.89. The molecule has 0 spiro atoms. The lowest BCUT2D eigenvalue weighted by atomic mass is 10.1. The highest BCUT2D eigenvalue weighted by Gasteiger charge is 2.20. The Kier molecular flexibility index (Phi) is 4.96. The fraction of sp³-hybridized carbons (Fsp3) is 0.105. The van der Waals surface area contributed by atoms with Crippen molar-refractivity contribution in [3.63, 3.8) is 0 Å². The van der Waals surface area contributed by atoms with Gasteiger partial charge in [0.05, 0.1) is 16.8 Å². The Bertz CT molecular complexity index is 1070. The number of nitrogens with one attached hydrogen (secondary N) is 1. The number of fused-ring (bicyclic) bond motifs is 1. The second-order valence-electron chi connectivity index (χ2n) is 5.98. The van der Waals surface area contributed by atoms with E-state index < -0.39 is 11.8 Å². The number of pyridine rings is 1. The third kappa shape index (κ3) is 3.41. The molecule has 0 bridgehead atoms. The molecule has 3 aromatic rings. The Balaban J connectivity index is 2.22. The van der Waals surface area contributed by atoms with E-state index in [1.54, 1.807) is 32.3 Å². The van der Waals surface area contributed by atoms with Gasteiger partial charge >= 0.3 is 5.97 Å². The van der Waals surface area contributed by atoms with Crippen LogP contribution < -0.4 is 5.32 Å². The van der Waals surface area contributed by atoms with Crippen molar-refractivity contribution >= 4 is 45.8 Å². The van der Waals surface area contributed by atoms with Gasteiger partial charge in [-0.25, -0.2) is 14.2 Å². The molecular weight excluding hydrogens is 373 g/mol. The molecule has 1 aromatic heterocycles. The summed E-state index contributed by atoms with van der Waals surface area (Å²) >= 11 is 6.30. The lowest BCUT2D eigenvalue weighted by molar-refractivity contribution is 0.0697. The SMILES string of the molecule is CN(C)C(=O)c1cnc(Nc2c(F)cccc2C(=O)O)c2cccc(Cl)c12.